The molecule has 0 atom stereocenters. The summed E-state index contributed by atoms with van der Waals surface area (Å²) in [6, 6.07) is 21.7. The zero-order valence-corrected chi connectivity index (χ0v) is 17.0. The Labute approximate surface area is 169 Å². The second-order valence-electron chi connectivity index (χ2n) is 6.74. The van der Waals surface area contributed by atoms with Crippen molar-refractivity contribution >= 4 is 34.4 Å². The number of benzene rings is 2. The molecule has 0 aliphatic carbocycles. The molecule has 0 unspecified atom stereocenters. The quantitative estimate of drug-likeness (QED) is 0.530. The number of anilines is 2. The Morgan fingerprint density at radius 3 is 2.36 bits per heavy atom. The first-order valence-electron chi connectivity index (χ1n) is 9.26. The van der Waals surface area contributed by atoms with Crippen molar-refractivity contribution in [3.8, 4) is 0 Å². The Kier molecular flexibility index (Phi) is 6.61. The second-order valence-corrected chi connectivity index (χ2v) is 8.03. The lowest BCUT2D eigenvalue weighted by Gasteiger charge is -2.22. The summed E-state index contributed by atoms with van der Waals surface area (Å²) in [6.07, 6.45) is 0.389. The Balaban J connectivity index is 1.60. The van der Waals surface area contributed by atoms with Crippen LogP contribution in [0.2, 0.25) is 0 Å². The molecule has 1 aromatic heterocycles. The number of hydrogen-bond acceptors (Lipinski definition) is 4. The minimum absolute atomic E-state index is 0.0164. The lowest BCUT2D eigenvalue weighted by molar-refractivity contribution is -0.116. The van der Waals surface area contributed by atoms with Crippen LogP contribution >= 0.6 is 11.3 Å². The van der Waals surface area contributed by atoms with E-state index in [4.69, 9.17) is 0 Å². The molecule has 144 valence electrons. The van der Waals surface area contributed by atoms with E-state index < -0.39 is 0 Å². The van der Waals surface area contributed by atoms with Crippen molar-refractivity contribution < 1.29 is 9.59 Å². The van der Waals surface area contributed by atoms with Crippen LogP contribution in [0.3, 0.4) is 0 Å². The largest absolute Gasteiger partial charge is 0.369 e. The summed E-state index contributed by atoms with van der Waals surface area (Å²) in [6.45, 7) is 2.71. The van der Waals surface area contributed by atoms with E-state index in [2.05, 4.69) is 22.3 Å². The summed E-state index contributed by atoms with van der Waals surface area (Å²) < 4.78 is 0. The predicted octanol–water partition coefficient (Wildman–Crippen LogP) is 5.29. The Morgan fingerprint density at radius 2 is 1.64 bits per heavy atom. The van der Waals surface area contributed by atoms with Crippen LogP contribution in [0, 0.1) is 6.92 Å². The SMILES string of the molecule is Cc1ccc(C(=O)CCC(=O)Nc2ccccc2N(C)Cc2ccccc2)s1. The number of carbonyl (C=O) groups is 2. The van der Waals surface area contributed by atoms with Crippen molar-refractivity contribution in [3.05, 3.63) is 82.0 Å². The minimum Gasteiger partial charge on any atom is -0.369 e. The zero-order valence-electron chi connectivity index (χ0n) is 16.1. The first kappa shape index (κ1) is 19.8. The molecule has 0 saturated carbocycles. The predicted molar refractivity (Wildman–Crippen MR) is 116 cm³/mol. The highest BCUT2D eigenvalue weighted by atomic mass is 32.1. The molecule has 5 heteroatoms. The van der Waals surface area contributed by atoms with Gasteiger partial charge in [0, 0.05) is 31.3 Å². The summed E-state index contributed by atoms with van der Waals surface area (Å²) in [5.74, 6) is -0.134. The Bertz CT molecular complexity index is 950. The number of para-hydroxylation sites is 2. The van der Waals surface area contributed by atoms with Crippen LogP contribution in [0.15, 0.2) is 66.7 Å². The van der Waals surface area contributed by atoms with Crippen LogP contribution in [0.25, 0.3) is 0 Å². The van der Waals surface area contributed by atoms with Crippen molar-refractivity contribution in [2.24, 2.45) is 0 Å². The van der Waals surface area contributed by atoms with Gasteiger partial charge in [-0.1, -0.05) is 42.5 Å². The molecule has 1 heterocycles. The number of nitrogens with zero attached hydrogens (tertiary/aromatic N) is 1. The molecule has 4 nitrogen and oxygen atoms in total. The molecule has 0 aliphatic heterocycles. The topological polar surface area (TPSA) is 49.4 Å². The third kappa shape index (κ3) is 5.30. The van der Waals surface area contributed by atoms with Gasteiger partial charge in [0.15, 0.2) is 5.78 Å². The van der Waals surface area contributed by atoms with Crippen LogP contribution in [0.5, 0.6) is 0 Å². The van der Waals surface area contributed by atoms with Crippen molar-refractivity contribution in [2.75, 3.05) is 17.3 Å². The van der Waals surface area contributed by atoms with E-state index >= 15 is 0 Å². The van der Waals surface area contributed by atoms with Gasteiger partial charge in [0.2, 0.25) is 5.91 Å². The normalized spacial score (nSPS) is 10.5. The molecule has 1 amide bonds. The van der Waals surface area contributed by atoms with Crippen molar-refractivity contribution in [1.82, 2.24) is 0 Å². The summed E-state index contributed by atoms with van der Waals surface area (Å²) in [5, 5.41) is 2.96. The molecule has 0 bridgehead atoms. The molecule has 0 aliphatic rings. The van der Waals surface area contributed by atoms with Gasteiger partial charge in [-0.2, -0.15) is 0 Å². The van der Waals surface area contributed by atoms with Gasteiger partial charge < -0.3 is 10.2 Å². The molecule has 0 fully saturated rings. The summed E-state index contributed by atoms with van der Waals surface area (Å²) in [5.41, 5.74) is 2.90. The van der Waals surface area contributed by atoms with E-state index in [1.54, 1.807) is 0 Å². The maximum atomic E-state index is 12.4. The molecular formula is C23H24N2O2S. The van der Waals surface area contributed by atoms with Crippen molar-refractivity contribution in [1.29, 1.82) is 0 Å². The number of rotatable bonds is 8. The van der Waals surface area contributed by atoms with E-state index in [0.29, 0.717) is 4.88 Å². The van der Waals surface area contributed by atoms with Crippen LogP contribution in [-0.4, -0.2) is 18.7 Å². The highest BCUT2D eigenvalue weighted by Crippen LogP contribution is 2.26. The maximum absolute atomic E-state index is 12.4. The van der Waals surface area contributed by atoms with Crippen LogP contribution in [0.4, 0.5) is 11.4 Å². The first-order chi connectivity index (χ1) is 13.5. The van der Waals surface area contributed by atoms with Crippen LogP contribution in [-0.2, 0) is 11.3 Å². The highest BCUT2D eigenvalue weighted by molar-refractivity contribution is 7.14. The molecule has 0 spiro atoms. The number of nitrogens with one attached hydrogen (secondary N) is 1. The maximum Gasteiger partial charge on any atom is 0.224 e. The fourth-order valence-corrected chi connectivity index (χ4v) is 3.84. The average molecular weight is 393 g/mol. The molecule has 28 heavy (non-hydrogen) atoms. The fourth-order valence-electron chi connectivity index (χ4n) is 3.00. The summed E-state index contributed by atoms with van der Waals surface area (Å²) in [7, 11) is 2.00. The number of Topliss-reactive ketones (excluding diaryl/α,β-unsaturated/α-hetero) is 1. The van der Waals surface area contributed by atoms with Gasteiger partial charge in [0.1, 0.15) is 0 Å². The molecule has 0 saturated heterocycles. The molecule has 0 radical (unpaired) electrons. The van der Waals surface area contributed by atoms with E-state index in [1.807, 2.05) is 68.6 Å². The number of carbonyl (C=O) groups excluding carboxylic acids is 2. The summed E-state index contributed by atoms with van der Waals surface area (Å²) in [4.78, 5) is 28.5. The van der Waals surface area contributed by atoms with Gasteiger partial charge in [0.25, 0.3) is 0 Å². The van der Waals surface area contributed by atoms with E-state index in [-0.39, 0.29) is 24.5 Å². The number of ketones is 1. The van der Waals surface area contributed by atoms with Crippen LogP contribution in [0.1, 0.15) is 33.0 Å². The fraction of sp³-hybridized carbons (Fsp3) is 0.217. The van der Waals surface area contributed by atoms with Gasteiger partial charge in [-0.15, -0.1) is 11.3 Å². The molecule has 2 aromatic carbocycles. The van der Waals surface area contributed by atoms with Crippen molar-refractivity contribution in [3.63, 3.8) is 0 Å². The van der Waals surface area contributed by atoms with Crippen LogP contribution < -0.4 is 10.2 Å². The Hall–Kier alpha value is -2.92. The van der Waals surface area contributed by atoms with E-state index in [9.17, 15) is 9.59 Å². The summed E-state index contributed by atoms with van der Waals surface area (Å²) >= 11 is 1.47. The lowest BCUT2D eigenvalue weighted by Crippen LogP contribution is -2.20. The minimum atomic E-state index is -0.151. The van der Waals surface area contributed by atoms with Gasteiger partial charge >= 0.3 is 0 Å². The average Bonchev–Trinajstić information content (AvgIpc) is 3.14. The third-order valence-corrected chi connectivity index (χ3v) is 5.49. The molecule has 3 rings (SSSR count). The van der Waals surface area contributed by atoms with Crippen molar-refractivity contribution in [2.45, 2.75) is 26.3 Å². The number of aryl methyl sites for hydroxylation is 1. The second kappa shape index (κ2) is 9.33. The molecule has 3 aromatic rings. The Morgan fingerprint density at radius 1 is 0.929 bits per heavy atom. The van der Waals surface area contributed by atoms with E-state index in [0.717, 1.165) is 22.8 Å². The van der Waals surface area contributed by atoms with Gasteiger partial charge in [0.05, 0.1) is 16.3 Å². The lowest BCUT2D eigenvalue weighted by atomic mass is 10.1. The van der Waals surface area contributed by atoms with Gasteiger partial charge in [-0.05, 0) is 36.8 Å². The standard InChI is InChI=1S/C23H24N2O2S/c1-17-12-14-22(28-17)21(26)13-15-23(27)24-19-10-6-7-11-20(19)25(2)16-18-8-4-3-5-9-18/h3-12,14H,13,15-16H2,1-2H3,(H,24,27). The third-order valence-electron chi connectivity index (χ3n) is 4.45. The monoisotopic (exact) mass is 392 g/mol. The van der Waals surface area contributed by atoms with Gasteiger partial charge in [-0.3, -0.25) is 9.59 Å². The number of thiophene rings is 1. The number of amides is 1. The van der Waals surface area contributed by atoms with E-state index in [1.165, 1.54) is 16.9 Å². The zero-order chi connectivity index (χ0) is 19.9. The highest BCUT2D eigenvalue weighted by Gasteiger charge is 2.13. The van der Waals surface area contributed by atoms with Gasteiger partial charge in [-0.25, -0.2) is 0 Å². The first-order valence-corrected chi connectivity index (χ1v) is 10.1. The molecular weight excluding hydrogens is 368 g/mol. The smallest absolute Gasteiger partial charge is 0.224 e. The molecule has 1 N–H and O–H groups in total. The number of hydrogen-bond donors (Lipinski definition) is 1.